The summed E-state index contributed by atoms with van der Waals surface area (Å²) >= 11 is 0. The van der Waals surface area contributed by atoms with Crippen LogP contribution in [0.25, 0.3) is 0 Å². The van der Waals surface area contributed by atoms with E-state index in [0.29, 0.717) is 25.4 Å². The van der Waals surface area contributed by atoms with E-state index >= 15 is 0 Å². The Hall–Kier alpha value is -0.160. The molecule has 0 spiro atoms. The summed E-state index contributed by atoms with van der Waals surface area (Å²) in [5.41, 5.74) is 0. The standard InChI is InChI=1S/C12H25NO3/c1-13-10(8-14-2)9-16-12-6-4-5-11(7-12)15-3/h10-13H,4-9H2,1-3H3. The summed E-state index contributed by atoms with van der Waals surface area (Å²) in [5.74, 6) is 0. The Morgan fingerprint density at radius 1 is 1.19 bits per heavy atom. The highest BCUT2D eigenvalue weighted by Crippen LogP contribution is 2.23. The third-order valence-electron chi connectivity index (χ3n) is 3.22. The monoisotopic (exact) mass is 231 g/mol. The topological polar surface area (TPSA) is 39.7 Å². The Bertz CT molecular complexity index is 178. The molecule has 0 heterocycles. The van der Waals surface area contributed by atoms with Gasteiger partial charge in [0, 0.05) is 14.2 Å². The van der Waals surface area contributed by atoms with Crippen molar-refractivity contribution in [3.05, 3.63) is 0 Å². The van der Waals surface area contributed by atoms with Crippen molar-refractivity contribution in [3.8, 4) is 0 Å². The summed E-state index contributed by atoms with van der Waals surface area (Å²) in [4.78, 5) is 0. The maximum absolute atomic E-state index is 5.90. The van der Waals surface area contributed by atoms with Gasteiger partial charge < -0.3 is 19.5 Å². The zero-order chi connectivity index (χ0) is 11.8. The van der Waals surface area contributed by atoms with Gasteiger partial charge in [0.25, 0.3) is 0 Å². The van der Waals surface area contributed by atoms with Crippen molar-refractivity contribution in [1.29, 1.82) is 0 Å². The Morgan fingerprint density at radius 3 is 2.56 bits per heavy atom. The second-order valence-electron chi connectivity index (χ2n) is 4.42. The van der Waals surface area contributed by atoms with Gasteiger partial charge in [-0.1, -0.05) is 0 Å². The van der Waals surface area contributed by atoms with Crippen LogP contribution in [-0.4, -0.2) is 52.7 Å². The molecule has 4 nitrogen and oxygen atoms in total. The van der Waals surface area contributed by atoms with Crippen LogP contribution < -0.4 is 5.32 Å². The van der Waals surface area contributed by atoms with Gasteiger partial charge in [0.2, 0.25) is 0 Å². The van der Waals surface area contributed by atoms with Gasteiger partial charge in [0.05, 0.1) is 31.5 Å². The molecule has 0 aromatic rings. The van der Waals surface area contributed by atoms with Gasteiger partial charge in [-0.25, -0.2) is 0 Å². The Labute approximate surface area is 98.6 Å². The van der Waals surface area contributed by atoms with Crippen LogP contribution in [-0.2, 0) is 14.2 Å². The van der Waals surface area contributed by atoms with Crippen molar-refractivity contribution in [2.75, 3.05) is 34.5 Å². The lowest BCUT2D eigenvalue weighted by atomic mass is 9.95. The quantitative estimate of drug-likeness (QED) is 0.714. The maximum Gasteiger partial charge on any atom is 0.0645 e. The molecule has 0 bridgehead atoms. The average Bonchev–Trinajstić information content (AvgIpc) is 2.34. The lowest BCUT2D eigenvalue weighted by Gasteiger charge is -2.29. The lowest BCUT2D eigenvalue weighted by Crippen LogP contribution is -2.37. The molecule has 1 rings (SSSR count). The van der Waals surface area contributed by atoms with Crippen LogP contribution in [0.4, 0.5) is 0 Å². The zero-order valence-electron chi connectivity index (χ0n) is 10.7. The van der Waals surface area contributed by atoms with Crippen molar-refractivity contribution in [3.63, 3.8) is 0 Å². The van der Waals surface area contributed by atoms with Gasteiger partial charge >= 0.3 is 0 Å². The molecule has 0 amide bonds. The van der Waals surface area contributed by atoms with Crippen LogP contribution in [0.2, 0.25) is 0 Å². The van der Waals surface area contributed by atoms with Gasteiger partial charge in [-0.15, -0.1) is 0 Å². The number of hydrogen-bond acceptors (Lipinski definition) is 4. The van der Waals surface area contributed by atoms with Gasteiger partial charge in [-0.05, 0) is 32.7 Å². The minimum Gasteiger partial charge on any atom is -0.383 e. The van der Waals surface area contributed by atoms with E-state index < -0.39 is 0 Å². The summed E-state index contributed by atoms with van der Waals surface area (Å²) in [7, 11) is 5.44. The number of methoxy groups -OCH3 is 2. The molecule has 1 N–H and O–H groups in total. The average molecular weight is 231 g/mol. The van der Waals surface area contributed by atoms with Gasteiger partial charge in [0.15, 0.2) is 0 Å². The number of rotatable bonds is 7. The van der Waals surface area contributed by atoms with Crippen LogP contribution in [0, 0.1) is 0 Å². The predicted octanol–water partition coefficient (Wildman–Crippen LogP) is 1.19. The van der Waals surface area contributed by atoms with Crippen LogP contribution >= 0.6 is 0 Å². The van der Waals surface area contributed by atoms with Crippen LogP contribution in [0.3, 0.4) is 0 Å². The molecule has 1 saturated carbocycles. The number of ether oxygens (including phenoxy) is 3. The summed E-state index contributed by atoms with van der Waals surface area (Å²) in [6, 6.07) is 0.285. The van der Waals surface area contributed by atoms with Crippen molar-refractivity contribution in [2.24, 2.45) is 0 Å². The zero-order valence-corrected chi connectivity index (χ0v) is 10.7. The van der Waals surface area contributed by atoms with E-state index in [0.717, 1.165) is 12.8 Å². The normalized spacial score (nSPS) is 27.9. The fraction of sp³-hybridized carbons (Fsp3) is 1.00. The van der Waals surface area contributed by atoms with E-state index in [4.69, 9.17) is 14.2 Å². The molecule has 16 heavy (non-hydrogen) atoms. The van der Waals surface area contributed by atoms with Gasteiger partial charge in [-0.3, -0.25) is 0 Å². The number of hydrogen-bond donors (Lipinski definition) is 1. The molecular formula is C12H25NO3. The third kappa shape index (κ3) is 4.78. The molecule has 0 radical (unpaired) electrons. The van der Waals surface area contributed by atoms with E-state index in [1.54, 1.807) is 14.2 Å². The summed E-state index contributed by atoms with van der Waals surface area (Å²) in [6.07, 6.45) is 5.30. The summed E-state index contributed by atoms with van der Waals surface area (Å²) < 4.78 is 16.4. The molecule has 0 aromatic heterocycles. The molecule has 1 fully saturated rings. The first kappa shape index (κ1) is 13.9. The highest BCUT2D eigenvalue weighted by Gasteiger charge is 2.22. The van der Waals surface area contributed by atoms with Crippen molar-refractivity contribution < 1.29 is 14.2 Å². The van der Waals surface area contributed by atoms with E-state index in [1.807, 2.05) is 7.05 Å². The minimum absolute atomic E-state index is 0.285. The molecule has 1 aliphatic rings. The van der Waals surface area contributed by atoms with Crippen molar-refractivity contribution in [1.82, 2.24) is 5.32 Å². The van der Waals surface area contributed by atoms with Crippen LogP contribution in [0.1, 0.15) is 25.7 Å². The molecule has 0 aliphatic heterocycles. The first-order valence-corrected chi connectivity index (χ1v) is 6.10. The third-order valence-corrected chi connectivity index (χ3v) is 3.22. The highest BCUT2D eigenvalue weighted by molar-refractivity contribution is 4.74. The number of likely N-dealkylation sites (N-methyl/N-ethyl adjacent to an activating group) is 1. The predicted molar refractivity (Wildman–Crippen MR) is 63.7 cm³/mol. The molecular weight excluding hydrogens is 206 g/mol. The lowest BCUT2D eigenvalue weighted by molar-refractivity contribution is -0.0400. The second-order valence-corrected chi connectivity index (χ2v) is 4.42. The molecule has 1 aliphatic carbocycles. The molecule has 4 heteroatoms. The van der Waals surface area contributed by atoms with Gasteiger partial charge in [0.1, 0.15) is 0 Å². The summed E-state index contributed by atoms with van der Waals surface area (Å²) in [6.45, 7) is 1.41. The molecule has 3 unspecified atom stereocenters. The van der Waals surface area contributed by atoms with E-state index in [9.17, 15) is 0 Å². The van der Waals surface area contributed by atoms with Gasteiger partial charge in [-0.2, -0.15) is 0 Å². The first-order chi connectivity index (χ1) is 7.80. The Balaban J connectivity index is 2.20. The van der Waals surface area contributed by atoms with Crippen LogP contribution in [0.5, 0.6) is 0 Å². The van der Waals surface area contributed by atoms with E-state index in [-0.39, 0.29) is 6.04 Å². The largest absolute Gasteiger partial charge is 0.383 e. The van der Waals surface area contributed by atoms with Crippen LogP contribution in [0.15, 0.2) is 0 Å². The SMILES string of the molecule is CNC(COC)COC1CCCC(OC)C1. The fourth-order valence-corrected chi connectivity index (χ4v) is 2.14. The smallest absolute Gasteiger partial charge is 0.0645 e. The minimum atomic E-state index is 0.285. The molecule has 3 atom stereocenters. The van der Waals surface area contributed by atoms with E-state index in [1.165, 1.54) is 12.8 Å². The molecule has 0 aromatic carbocycles. The van der Waals surface area contributed by atoms with E-state index in [2.05, 4.69) is 5.32 Å². The first-order valence-electron chi connectivity index (χ1n) is 6.10. The summed E-state index contributed by atoms with van der Waals surface area (Å²) in [5, 5.41) is 3.19. The molecule has 96 valence electrons. The number of nitrogens with one attached hydrogen (secondary N) is 1. The maximum atomic E-state index is 5.90. The fourth-order valence-electron chi connectivity index (χ4n) is 2.14. The Morgan fingerprint density at radius 2 is 1.94 bits per heavy atom. The molecule has 0 saturated heterocycles. The second kappa shape index (κ2) is 8.01. The highest BCUT2D eigenvalue weighted by atomic mass is 16.5. The van der Waals surface area contributed by atoms with Crippen molar-refractivity contribution in [2.45, 2.75) is 43.9 Å². The Kier molecular flexibility index (Phi) is 6.96. The van der Waals surface area contributed by atoms with Crippen molar-refractivity contribution >= 4 is 0 Å².